The second kappa shape index (κ2) is 10.1. The van der Waals surface area contributed by atoms with Crippen LogP contribution in [-0.4, -0.2) is 22.2 Å². The number of aromatic nitrogens is 2. The Morgan fingerprint density at radius 3 is 2.61 bits per heavy atom. The average Bonchev–Trinajstić information content (AvgIpc) is 3.36. The molecule has 2 aromatic heterocycles. The van der Waals surface area contributed by atoms with E-state index in [1.807, 2.05) is 25.1 Å². The van der Waals surface area contributed by atoms with E-state index in [0.717, 1.165) is 22.9 Å². The van der Waals surface area contributed by atoms with Crippen LogP contribution in [0.15, 0.2) is 40.8 Å². The molecule has 0 spiro atoms. The summed E-state index contributed by atoms with van der Waals surface area (Å²) in [5.41, 5.74) is 1.69. The first kappa shape index (κ1) is 24.4. The lowest BCUT2D eigenvalue weighted by atomic mass is 10.0. The lowest BCUT2D eigenvalue weighted by Crippen LogP contribution is -2.25. The molecular formula is C24H28F3N3O3. The summed E-state index contributed by atoms with van der Waals surface area (Å²) in [5, 5.41) is 6.28. The number of carbonyl (C=O) groups is 1. The van der Waals surface area contributed by atoms with Gasteiger partial charge < -0.3 is 14.5 Å². The molecule has 0 aliphatic rings. The molecule has 1 aromatic carbocycles. The summed E-state index contributed by atoms with van der Waals surface area (Å²) in [6.45, 7) is 8.46. The van der Waals surface area contributed by atoms with Crippen LogP contribution in [0.1, 0.15) is 65.0 Å². The molecule has 0 fully saturated rings. The molecule has 1 N–H and O–H groups in total. The van der Waals surface area contributed by atoms with E-state index in [0.29, 0.717) is 23.8 Å². The van der Waals surface area contributed by atoms with Crippen molar-refractivity contribution in [1.82, 2.24) is 15.1 Å². The van der Waals surface area contributed by atoms with Gasteiger partial charge in [-0.3, -0.25) is 9.48 Å². The number of amides is 1. The number of hydrogen-bond acceptors (Lipinski definition) is 4. The zero-order valence-corrected chi connectivity index (χ0v) is 19.1. The Morgan fingerprint density at radius 1 is 1.18 bits per heavy atom. The number of rotatable bonds is 9. The zero-order chi connectivity index (χ0) is 24.2. The van der Waals surface area contributed by atoms with Gasteiger partial charge in [-0.2, -0.15) is 18.3 Å². The minimum absolute atomic E-state index is 0.150. The van der Waals surface area contributed by atoms with Gasteiger partial charge in [0.25, 0.3) is 5.91 Å². The predicted octanol–water partition coefficient (Wildman–Crippen LogP) is 5.63. The summed E-state index contributed by atoms with van der Waals surface area (Å²) in [4.78, 5) is 12.3. The highest BCUT2D eigenvalue weighted by Crippen LogP contribution is 2.29. The standard InChI is InChI=1S/C24H28F3N3O3/c1-15(2)19-8-6-16(3)12-21(19)32-14-18-7-9-20(33-18)23(31)28-10-5-11-30-17(4)13-22(29-30)24(25,26)27/h6-9,12-13,15H,5,10-11,14H2,1-4H3,(H,28,31). The van der Waals surface area contributed by atoms with Gasteiger partial charge in [0, 0.05) is 18.8 Å². The summed E-state index contributed by atoms with van der Waals surface area (Å²) in [5.74, 6) is 1.37. The molecule has 9 heteroatoms. The van der Waals surface area contributed by atoms with Gasteiger partial charge in [0.15, 0.2) is 11.5 Å². The largest absolute Gasteiger partial charge is 0.485 e. The normalized spacial score (nSPS) is 11.8. The van der Waals surface area contributed by atoms with E-state index in [1.54, 1.807) is 19.1 Å². The van der Waals surface area contributed by atoms with Gasteiger partial charge in [-0.25, -0.2) is 0 Å². The third-order valence-electron chi connectivity index (χ3n) is 5.15. The Kier molecular flexibility index (Phi) is 7.50. The number of nitrogens with zero attached hydrogens (tertiary/aromatic N) is 2. The van der Waals surface area contributed by atoms with Crippen molar-refractivity contribution >= 4 is 5.91 Å². The van der Waals surface area contributed by atoms with Gasteiger partial charge in [-0.15, -0.1) is 0 Å². The van der Waals surface area contributed by atoms with Gasteiger partial charge in [0.2, 0.25) is 0 Å². The van der Waals surface area contributed by atoms with Crippen LogP contribution in [0, 0.1) is 13.8 Å². The van der Waals surface area contributed by atoms with Gasteiger partial charge in [-0.05, 0) is 61.6 Å². The summed E-state index contributed by atoms with van der Waals surface area (Å²) in [6, 6.07) is 10.3. The third kappa shape index (κ3) is 6.40. The minimum atomic E-state index is -4.47. The van der Waals surface area contributed by atoms with E-state index >= 15 is 0 Å². The number of furan rings is 1. The van der Waals surface area contributed by atoms with Crippen LogP contribution in [0.25, 0.3) is 0 Å². The lowest BCUT2D eigenvalue weighted by molar-refractivity contribution is -0.141. The highest BCUT2D eigenvalue weighted by molar-refractivity contribution is 5.91. The number of benzene rings is 1. The quantitative estimate of drug-likeness (QED) is 0.418. The predicted molar refractivity (Wildman–Crippen MR) is 117 cm³/mol. The molecule has 178 valence electrons. The second-order valence-corrected chi connectivity index (χ2v) is 8.25. The highest BCUT2D eigenvalue weighted by atomic mass is 19.4. The molecular weight excluding hydrogens is 435 g/mol. The van der Waals surface area contributed by atoms with Crippen LogP contribution >= 0.6 is 0 Å². The maximum Gasteiger partial charge on any atom is 0.435 e. The molecule has 2 heterocycles. The molecule has 6 nitrogen and oxygen atoms in total. The fraction of sp³-hybridized carbons (Fsp3) is 0.417. The van der Waals surface area contributed by atoms with E-state index in [9.17, 15) is 18.0 Å². The van der Waals surface area contributed by atoms with E-state index in [4.69, 9.17) is 9.15 Å². The fourth-order valence-corrected chi connectivity index (χ4v) is 3.36. The zero-order valence-electron chi connectivity index (χ0n) is 19.1. The van der Waals surface area contributed by atoms with Crippen molar-refractivity contribution in [2.45, 2.75) is 59.4 Å². The maximum absolute atomic E-state index is 12.7. The number of halogens is 3. The van der Waals surface area contributed by atoms with Crippen LogP contribution < -0.4 is 10.1 Å². The van der Waals surface area contributed by atoms with Crippen molar-refractivity contribution in [1.29, 1.82) is 0 Å². The molecule has 0 aliphatic carbocycles. The molecule has 0 saturated heterocycles. The molecule has 1 amide bonds. The Morgan fingerprint density at radius 2 is 1.94 bits per heavy atom. The first-order valence-electron chi connectivity index (χ1n) is 10.8. The topological polar surface area (TPSA) is 69.3 Å². The van der Waals surface area contributed by atoms with Crippen LogP contribution in [0.5, 0.6) is 5.75 Å². The number of hydrogen-bond donors (Lipinski definition) is 1. The number of alkyl halides is 3. The highest BCUT2D eigenvalue weighted by Gasteiger charge is 2.34. The van der Waals surface area contributed by atoms with E-state index in [2.05, 4.69) is 24.3 Å². The SMILES string of the molecule is Cc1ccc(C(C)C)c(OCc2ccc(C(=O)NCCCn3nc(C(F)(F)F)cc3C)o2)c1. The second-order valence-electron chi connectivity index (χ2n) is 8.25. The summed E-state index contributed by atoms with van der Waals surface area (Å²) < 4.78 is 51.0. The molecule has 3 rings (SSSR count). The molecule has 0 saturated carbocycles. The maximum atomic E-state index is 12.7. The summed E-state index contributed by atoms with van der Waals surface area (Å²) >= 11 is 0. The number of nitrogens with one attached hydrogen (secondary N) is 1. The van der Waals surface area contributed by atoms with Crippen LogP contribution in [-0.2, 0) is 19.3 Å². The number of ether oxygens (including phenoxy) is 1. The Hall–Kier alpha value is -3.23. The third-order valence-corrected chi connectivity index (χ3v) is 5.15. The summed E-state index contributed by atoms with van der Waals surface area (Å²) in [7, 11) is 0. The number of aryl methyl sites for hydroxylation is 3. The van der Waals surface area contributed by atoms with Crippen molar-refractivity contribution in [3.8, 4) is 5.75 Å². The molecule has 0 unspecified atom stereocenters. The van der Waals surface area contributed by atoms with Gasteiger partial charge in [0.1, 0.15) is 18.1 Å². The minimum Gasteiger partial charge on any atom is -0.485 e. The molecule has 0 bridgehead atoms. The van der Waals surface area contributed by atoms with Crippen molar-refractivity contribution in [3.05, 3.63) is 70.4 Å². The van der Waals surface area contributed by atoms with Crippen molar-refractivity contribution < 1.29 is 27.1 Å². The first-order valence-corrected chi connectivity index (χ1v) is 10.8. The Bertz CT molecular complexity index is 1100. The Labute approximate surface area is 190 Å². The van der Waals surface area contributed by atoms with Crippen molar-refractivity contribution in [3.63, 3.8) is 0 Å². The molecule has 0 atom stereocenters. The van der Waals surface area contributed by atoms with E-state index in [-0.39, 0.29) is 25.5 Å². The molecule has 3 aromatic rings. The smallest absolute Gasteiger partial charge is 0.435 e. The molecule has 33 heavy (non-hydrogen) atoms. The lowest BCUT2D eigenvalue weighted by Gasteiger charge is -2.14. The van der Waals surface area contributed by atoms with Crippen LogP contribution in [0.3, 0.4) is 0 Å². The van der Waals surface area contributed by atoms with Crippen molar-refractivity contribution in [2.75, 3.05) is 6.54 Å². The van der Waals surface area contributed by atoms with Gasteiger partial charge >= 0.3 is 6.18 Å². The van der Waals surface area contributed by atoms with Crippen LogP contribution in [0.4, 0.5) is 13.2 Å². The average molecular weight is 464 g/mol. The Balaban J connectivity index is 1.49. The fourth-order valence-electron chi connectivity index (χ4n) is 3.36. The van der Waals surface area contributed by atoms with Crippen molar-refractivity contribution in [2.24, 2.45) is 0 Å². The monoisotopic (exact) mass is 463 g/mol. The van der Waals surface area contributed by atoms with Gasteiger partial charge in [-0.1, -0.05) is 26.0 Å². The van der Waals surface area contributed by atoms with Crippen LogP contribution in [0.2, 0.25) is 0 Å². The molecule has 0 radical (unpaired) electrons. The van der Waals surface area contributed by atoms with E-state index < -0.39 is 17.8 Å². The van der Waals surface area contributed by atoms with E-state index in [1.165, 1.54) is 4.68 Å². The molecule has 0 aliphatic heterocycles. The summed E-state index contributed by atoms with van der Waals surface area (Å²) in [6.07, 6.45) is -4.05. The first-order chi connectivity index (χ1) is 15.5. The van der Waals surface area contributed by atoms with Gasteiger partial charge in [0.05, 0.1) is 0 Å². The number of carbonyl (C=O) groups excluding carboxylic acids is 1.